The Bertz CT molecular complexity index is 420. The van der Waals surface area contributed by atoms with Crippen LogP contribution < -0.4 is 0 Å². The molecule has 0 aliphatic heterocycles. The number of methoxy groups -OCH3 is 1. The Hall–Kier alpha value is -1.64. The molecule has 1 aliphatic rings. The fourth-order valence-electron chi connectivity index (χ4n) is 1.96. The lowest BCUT2D eigenvalue weighted by Crippen LogP contribution is -2.12. The van der Waals surface area contributed by atoms with Gasteiger partial charge in [0, 0.05) is 0 Å². The number of ether oxygens (including phenoxy) is 1. The summed E-state index contributed by atoms with van der Waals surface area (Å²) in [4.78, 5) is 11.3. The van der Waals surface area contributed by atoms with Crippen LogP contribution in [0, 0.1) is 11.7 Å². The lowest BCUT2D eigenvalue weighted by Gasteiger charge is -2.07. The number of halogens is 1. The zero-order chi connectivity index (χ0) is 11.5. The smallest absolute Gasteiger partial charge is 0.309 e. The van der Waals surface area contributed by atoms with Crippen molar-refractivity contribution in [2.45, 2.75) is 12.8 Å². The second-order valence-corrected chi connectivity index (χ2v) is 3.90. The summed E-state index contributed by atoms with van der Waals surface area (Å²) in [6.07, 6.45) is 3.41. The summed E-state index contributed by atoms with van der Waals surface area (Å²) in [7, 11) is 1.40. The molecule has 16 heavy (non-hydrogen) atoms. The van der Waals surface area contributed by atoms with Crippen LogP contribution in [0.4, 0.5) is 4.39 Å². The molecule has 0 radical (unpaired) electrons. The first-order valence-electron chi connectivity index (χ1n) is 5.23. The van der Waals surface area contributed by atoms with E-state index in [2.05, 4.69) is 0 Å². The number of rotatable bonds is 2. The maximum Gasteiger partial charge on any atom is 0.309 e. The maximum atomic E-state index is 12.7. The average molecular weight is 220 g/mol. The van der Waals surface area contributed by atoms with Crippen LogP contribution in [0.3, 0.4) is 0 Å². The Morgan fingerprint density at radius 3 is 2.69 bits per heavy atom. The minimum absolute atomic E-state index is 0.0787. The number of allylic oxidation sites excluding steroid dienone is 2. The van der Waals surface area contributed by atoms with E-state index in [9.17, 15) is 9.18 Å². The third kappa shape index (κ3) is 2.13. The Morgan fingerprint density at radius 2 is 2.06 bits per heavy atom. The molecule has 1 unspecified atom stereocenters. The van der Waals surface area contributed by atoms with Crippen LogP contribution in [0.2, 0.25) is 0 Å². The summed E-state index contributed by atoms with van der Waals surface area (Å²) in [6, 6.07) is 6.34. The largest absolute Gasteiger partial charge is 0.469 e. The molecule has 2 nitrogen and oxygen atoms in total. The van der Waals surface area contributed by atoms with Gasteiger partial charge in [0.05, 0.1) is 13.0 Å². The van der Waals surface area contributed by atoms with Crippen LogP contribution in [-0.4, -0.2) is 13.1 Å². The number of esters is 1. The average Bonchev–Trinajstić information content (AvgIpc) is 2.78. The van der Waals surface area contributed by atoms with Crippen molar-refractivity contribution in [3.05, 3.63) is 41.7 Å². The first-order chi connectivity index (χ1) is 7.70. The fraction of sp³-hybridized carbons (Fsp3) is 0.308. The van der Waals surface area contributed by atoms with E-state index in [0.717, 1.165) is 11.1 Å². The Labute approximate surface area is 93.7 Å². The molecule has 0 saturated carbocycles. The van der Waals surface area contributed by atoms with Gasteiger partial charge in [-0.3, -0.25) is 4.79 Å². The highest BCUT2D eigenvalue weighted by Crippen LogP contribution is 2.32. The van der Waals surface area contributed by atoms with Gasteiger partial charge in [-0.2, -0.15) is 0 Å². The first-order valence-corrected chi connectivity index (χ1v) is 5.23. The SMILES string of the molecule is COC(=O)C1CC=C(c2ccc(F)cc2)C1. The molecule has 0 N–H and O–H groups in total. The van der Waals surface area contributed by atoms with Crippen LogP contribution in [0.5, 0.6) is 0 Å². The van der Waals surface area contributed by atoms with E-state index in [4.69, 9.17) is 4.74 Å². The highest BCUT2D eigenvalue weighted by atomic mass is 19.1. The van der Waals surface area contributed by atoms with E-state index in [1.54, 1.807) is 12.1 Å². The van der Waals surface area contributed by atoms with E-state index in [0.29, 0.717) is 12.8 Å². The van der Waals surface area contributed by atoms with Gasteiger partial charge in [-0.05, 0) is 36.1 Å². The van der Waals surface area contributed by atoms with Crippen molar-refractivity contribution >= 4 is 11.5 Å². The Kier molecular flexibility index (Phi) is 3.04. The number of benzene rings is 1. The van der Waals surface area contributed by atoms with Crippen LogP contribution in [-0.2, 0) is 9.53 Å². The van der Waals surface area contributed by atoms with Crippen molar-refractivity contribution in [1.29, 1.82) is 0 Å². The molecule has 1 atom stereocenters. The summed E-state index contributed by atoms with van der Waals surface area (Å²) in [5, 5.41) is 0. The van der Waals surface area contributed by atoms with Crippen molar-refractivity contribution in [2.75, 3.05) is 7.11 Å². The third-order valence-electron chi connectivity index (χ3n) is 2.86. The van der Waals surface area contributed by atoms with Crippen LogP contribution in [0.25, 0.3) is 5.57 Å². The van der Waals surface area contributed by atoms with Gasteiger partial charge in [0.2, 0.25) is 0 Å². The molecule has 0 amide bonds. The van der Waals surface area contributed by atoms with Gasteiger partial charge in [0.1, 0.15) is 5.82 Å². The number of hydrogen-bond donors (Lipinski definition) is 0. The monoisotopic (exact) mass is 220 g/mol. The molecule has 0 saturated heterocycles. The zero-order valence-corrected chi connectivity index (χ0v) is 9.07. The van der Waals surface area contributed by atoms with Gasteiger partial charge < -0.3 is 4.74 Å². The molecule has 1 aromatic carbocycles. The Morgan fingerprint density at radius 1 is 1.38 bits per heavy atom. The normalized spacial score (nSPS) is 19.4. The van der Waals surface area contributed by atoms with Gasteiger partial charge in [-0.15, -0.1) is 0 Å². The molecular weight excluding hydrogens is 207 g/mol. The van der Waals surface area contributed by atoms with Crippen molar-refractivity contribution in [2.24, 2.45) is 5.92 Å². The van der Waals surface area contributed by atoms with Crippen LogP contribution in [0.1, 0.15) is 18.4 Å². The molecule has 1 aromatic rings. The molecule has 3 heteroatoms. The van der Waals surface area contributed by atoms with Gasteiger partial charge >= 0.3 is 5.97 Å². The van der Waals surface area contributed by atoms with Crippen molar-refractivity contribution in [3.8, 4) is 0 Å². The third-order valence-corrected chi connectivity index (χ3v) is 2.86. The summed E-state index contributed by atoms with van der Waals surface area (Å²) in [6.45, 7) is 0. The predicted molar refractivity (Wildman–Crippen MR) is 59.1 cm³/mol. The second kappa shape index (κ2) is 4.47. The topological polar surface area (TPSA) is 26.3 Å². The zero-order valence-electron chi connectivity index (χ0n) is 9.07. The summed E-state index contributed by atoms with van der Waals surface area (Å²) < 4.78 is 17.4. The quantitative estimate of drug-likeness (QED) is 0.716. The van der Waals surface area contributed by atoms with E-state index in [1.807, 2.05) is 6.08 Å². The lowest BCUT2D eigenvalue weighted by atomic mass is 10.0. The summed E-state index contributed by atoms with van der Waals surface area (Å²) in [5.74, 6) is -0.495. The van der Waals surface area contributed by atoms with E-state index in [1.165, 1.54) is 19.2 Å². The molecule has 0 spiro atoms. The first kappa shape index (κ1) is 10.9. The fourth-order valence-corrected chi connectivity index (χ4v) is 1.96. The molecule has 0 heterocycles. The molecule has 0 fully saturated rings. The number of carbonyl (C=O) groups is 1. The molecule has 0 aromatic heterocycles. The molecule has 84 valence electrons. The maximum absolute atomic E-state index is 12.7. The Balaban J connectivity index is 2.08. The lowest BCUT2D eigenvalue weighted by molar-refractivity contribution is -0.144. The van der Waals surface area contributed by atoms with E-state index < -0.39 is 0 Å². The van der Waals surface area contributed by atoms with Crippen LogP contribution >= 0.6 is 0 Å². The second-order valence-electron chi connectivity index (χ2n) is 3.90. The van der Waals surface area contributed by atoms with E-state index in [-0.39, 0.29) is 17.7 Å². The molecule has 2 rings (SSSR count). The van der Waals surface area contributed by atoms with Gasteiger partial charge in [0.25, 0.3) is 0 Å². The highest BCUT2D eigenvalue weighted by molar-refractivity contribution is 5.79. The highest BCUT2D eigenvalue weighted by Gasteiger charge is 2.25. The predicted octanol–water partition coefficient (Wildman–Crippen LogP) is 2.79. The minimum Gasteiger partial charge on any atom is -0.469 e. The minimum atomic E-state index is -0.244. The molecular formula is C13H13FO2. The van der Waals surface area contributed by atoms with Gasteiger partial charge in [0.15, 0.2) is 0 Å². The number of hydrogen-bond acceptors (Lipinski definition) is 2. The van der Waals surface area contributed by atoms with E-state index >= 15 is 0 Å². The molecule has 1 aliphatic carbocycles. The van der Waals surface area contributed by atoms with Gasteiger partial charge in [-0.1, -0.05) is 18.2 Å². The van der Waals surface area contributed by atoms with Gasteiger partial charge in [-0.25, -0.2) is 4.39 Å². The standard InChI is InChI=1S/C13H13FO2/c1-16-13(15)11-3-2-10(8-11)9-4-6-12(14)7-5-9/h2,4-7,11H,3,8H2,1H3. The number of carbonyl (C=O) groups excluding carboxylic acids is 1. The summed E-state index contributed by atoms with van der Waals surface area (Å²) in [5.41, 5.74) is 2.07. The van der Waals surface area contributed by atoms with Crippen LogP contribution in [0.15, 0.2) is 30.3 Å². The molecule has 0 bridgehead atoms. The van der Waals surface area contributed by atoms with Crippen molar-refractivity contribution in [3.63, 3.8) is 0 Å². The summed E-state index contributed by atoms with van der Waals surface area (Å²) >= 11 is 0. The van der Waals surface area contributed by atoms with Crippen molar-refractivity contribution in [1.82, 2.24) is 0 Å². The van der Waals surface area contributed by atoms with Crippen molar-refractivity contribution < 1.29 is 13.9 Å².